The molecule has 0 spiro atoms. The maximum Gasteiger partial charge on any atom is 0.129 e. The molecule has 1 fully saturated rings. The fourth-order valence-electron chi connectivity index (χ4n) is 2.12. The van der Waals surface area contributed by atoms with Gasteiger partial charge in [0, 0.05) is 22.6 Å². The standard InChI is InChI=1S/C17H17BrFNO/c18-14-2-1-3-16(9-14)21-11-13-8-12(4-7-17(13)19)10-20-15-5-6-15/h1-4,7-9,15,20H,5-6,10-11H2. The van der Waals surface area contributed by atoms with Crippen molar-refractivity contribution in [3.05, 3.63) is 63.9 Å². The highest BCUT2D eigenvalue weighted by molar-refractivity contribution is 9.10. The van der Waals surface area contributed by atoms with E-state index in [-0.39, 0.29) is 12.4 Å². The Morgan fingerprint density at radius 3 is 2.81 bits per heavy atom. The van der Waals surface area contributed by atoms with Gasteiger partial charge in [0.15, 0.2) is 0 Å². The van der Waals surface area contributed by atoms with Crippen molar-refractivity contribution in [2.24, 2.45) is 0 Å². The van der Waals surface area contributed by atoms with Gasteiger partial charge in [0.25, 0.3) is 0 Å². The van der Waals surface area contributed by atoms with E-state index in [9.17, 15) is 4.39 Å². The lowest BCUT2D eigenvalue weighted by molar-refractivity contribution is 0.299. The first-order valence-corrected chi connectivity index (χ1v) is 7.89. The highest BCUT2D eigenvalue weighted by Gasteiger charge is 2.20. The molecular formula is C17H17BrFNO. The van der Waals surface area contributed by atoms with E-state index in [1.54, 1.807) is 0 Å². The molecule has 1 aliphatic rings. The number of rotatable bonds is 6. The van der Waals surface area contributed by atoms with Gasteiger partial charge in [-0.15, -0.1) is 0 Å². The fraction of sp³-hybridized carbons (Fsp3) is 0.294. The molecule has 110 valence electrons. The van der Waals surface area contributed by atoms with Gasteiger partial charge in [-0.3, -0.25) is 0 Å². The molecule has 1 N–H and O–H groups in total. The lowest BCUT2D eigenvalue weighted by atomic mass is 10.1. The van der Waals surface area contributed by atoms with Crippen LogP contribution in [0, 0.1) is 5.82 Å². The molecule has 0 aromatic heterocycles. The Labute approximate surface area is 132 Å². The maximum absolute atomic E-state index is 13.9. The largest absolute Gasteiger partial charge is 0.489 e. The van der Waals surface area contributed by atoms with Crippen molar-refractivity contribution in [3.63, 3.8) is 0 Å². The molecule has 0 atom stereocenters. The highest BCUT2D eigenvalue weighted by Crippen LogP contribution is 2.21. The number of benzene rings is 2. The summed E-state index contributed by atoms with van der Waals surface area (Å²) in [6.07, 6.45) is 2.50. The van der Waals surface area contributed by atoms with Crippen LogP contribution in [0.1, 0.15) is 24.0 Å². The monoisotopic (exact) mass is 349 g/mol. The zero-order valence-corrected chi connectivity index (χ0v) is 13.2. The van der Waals surface area contributed by atoms with Gasteiger partial charge in [-0.2, -0.15) is 0 Å². The van der Waals surface area contributed by atoms with E-state index in [0.29, 0.717) is 11.6 Å². The summed E-state index contributed by atoms with van der Waals surface area (Å²) in [6, 6.07) is 13.4. The molecular weight excluding hydrogens is 333 g/mol. The van der Waals surface area contributed by atoms with Crippen molar-refractivity contribution in [2.75, 3.05) is 0 Å². The lowest BCUT2D eigenvalue weighted by Crippen LogP contribution is -2.15. The Morgan fingerprint density at radius 1 is 1.19 bits per heavy atom. The Hall–Kier alpha value is -1.39. The van der Waals surface area contributed by atoms with Crippen LogP contribution in [0.25, 0.3) is 0 Å². The van der Waals surface area contributed by atoms with Crippen LogP contribution in [-0.2, 0) is 13.2 Å². The third-order valence-corrected chi connectivity index (χ3v) is 3.97. The zero-order valence-electron chi connectivity index (χ0n) is 11.6. The summed E-state index contributed by atoms with van der Waals surface area (Å²) in [5.41, 5.74) is 1.68. The van der Waals surface area contributed by atoms with Gasteiger partial charge in [-0.1, -0.05) is 28.1 Å². The topological polar surface area (TPSA) is 21.3 Å². The van der Waals surface area contributed by atoms with Crippen LogP contribution in [0.15, 0.2) is 46.9 Å². The van der Waals surface area contributed by atoms with E-state index in [4.69, 9.17) is 4.74 Å². The molecule has 21 heavy (non-hydrogen) atoms. The van der Waals surface area contributed by atoms with Gasteiger partial charge in [0.05, 0.1) is 0 Å². The summed E-state index contributed by atoms with van der Waals surface area (Å²) in [5, 5.41) is 3.43. The van der Waals surface area contributed by atoms with Gasteiger partial charge in [0.1, 0.15) is 18.2 Å². The van der Waals surface area contributed by atoms with Crippen LogP contribution in [0.5, 0.6) is 5.75 Å². The second-order valence-electron chi connectivity index (χ2n) is 5.33. The average molecular weight is 350 g/mol. The van der Waals surface area contributed by atoms with E-state index >= 15 is 0 Å². The molecule has 0 heterocycles. The Kier molecular flexibility index (Phi) is 4.56. The number of halogens is 2. The van der Waals surface area contributed by atoms with Gasteiger partial charge in [-0.25, -0.2) is 4.39 Å². The minimum absolute atomic E-state index is 0.222. The minimum Gasteiger partial charge on any atom is -0.489 e. The van der Waals surface area contributed by atoms with E-state index in [1.165, 1.54) is 18.9 Å². The normalized spacial score (nSPS) is 14.2. The van der Waals surface area contributed by atoms with Crippen molar-refractivity contribution in [2.45, 2.75) is 32.0 Å². The molecule has 0 unspecified atom stereocenters. The second-order valence-corrected chi connectivity index (χ2v) is 6.24. The SMILES string of the molecule is Fc1ccc(CNC2CC2)cc1COc1cccc(Br)c1. The summed E-state index contributed by atoms with van der Waals surface area (Å²) < 4.78 is 20.5. The lowest BCUT2D eigenvalue weighted by Gasteiger charge is -2.10. The van der Waals surface area contributed by atoms with Gasteiger partial charge < -0.3 is 10.1 Å². The van der Waals surface area contributed by atoms with Crippen molar-refractivity contribution in [1.82, 2.24) is 5.32 Å². The van der Waals surface area contributed by atoms with Crippen molar-refractivity contribution < 1.29 is 9.13 Å². The Morgan fingerprint density at radius 2 is 2.05 bits per heavy atom. The van der Waals surface area contributed by atoms with Crippen LogP contribution >= 0.6 is 15.9 Å². The molecule has 0 radical (unpaired) electrons. The van der Waals surface area contributed by atoms with E-state index in [0.717, 1.165) is 22.3 Å². The first-order chi connectivity index (χ1) is 10.2. The van der Waals surface area contributed by atoms with Crippen LogP contribution in [0.3, 0.4) is 0 Å². The van der Waals surface area contributed by atoms with Crippen molar-refractivity contribution >= 4 is 15.9 Å². The van der Waals surface area contributed by atoms with Gasteiger partial charge >= 0.3 is 0 Å². The van der Waals surface area contributed by atoms with E-state index in [1.807, 2.05) is 36.4 Å². The van der Waals surface area contributed by atoms with Crippen LogP contribution in [0.2, 0.25) is 0 Å². The van der Waals surface area contributed by atoms with Gasteiger partial charge in [0.2, 0.25) is 0 Å². The predicted octanol–water partition coefficient (Wildman–Crippen LogP) is 4.42. The number of hydrogen-bond donors (Lipinski definition) is 1. The highest BCUT2D eigenvalue weighted by atomic mass is 79.9. The zero-order chi connectivity index (χ0) is 14.7. The molecule has 0 aliphatic heterocycles. The number of nitrogens with one attached hydrogen (secondary N) is 1. The van der Waals surface area contributed by atoms with Crippen LogP contribution in [0.4, 0.5) is 4.39 Å². The van der Waals surface area contributed by atoms with Gasteiger partial charge in [-0.05, 0) is 48.7 Å². The first-order valence-electron chi connectivity index (χ1n) is 7.10. The Bertz CT molecular complexity index is 628. The average Bonchev–Trinajstić information content (AvgIpc) is 3.29. The summed E-state index contributed by atoms with van der Waals surface area (Å²) in [6.45, 7) is 1.02. The van der Waals surface area contributed by atoms with Crippen molar-refractivity contribution in [1.29, 1.82) is 0 Å². The van der Waals surface area contributed by atoms with Crippen LogP contribution < -0.4 is 10.1 Å². The summed E-state index contributed by atoms with van der Waals surface area (Å²) >= 11 is 3.39. The molecule has 2 aromatic carbocycles. The molecule has 0 bridgehead atoms. The second kappa shape index (κ2) is 6.58. The molecule has 3 rings (SSSR count). The quantitative estimate of drug-likeness (QED) is 0.833. The number of hydrogen-bond acceptors (Lipinski definition) is 2. The van der Waals surface area contributed by atoms with Crippen molar-refractivity contribution in [3.8, 4) is 5.75 Å². The third kappa shape index (κ3) is 4.29. The summed E-state index contributed by atoms with van der Waals surface area (Å²) in [4.78, 5) is 0. The van der Waals surface area contributed by atoms with E-state index in [2.05, 4.69) is 21.2 Å². The molecule has 1 saturated carbocycles. The van der Waals surface area contributed by atoms with E-state index < -0.39 is 0 Å². The molecule has 2 aromatic rings. The molecule has 0 amide bonds. The smallest absolute Gasteiger partial charge is 0.129 e. The summed E-state index contributed by atoms with van der Waals surface area (Å²) in [5.74, 6) is 0.505. The van der Waals surface area contributed by atoms with Crippen LogP contribution in [-0.4, -0.2) is 6.04 Å². The summed E-state index contributed by atoms with van der Waals surface area (Å²) in [7, 11) is 0. The molecule has 4 heteroatoms. The fourth-order valence-corrected chi connectivity index (χ4v) is 2.49. The molecule has 1 aliphatic carbocycles. The first kappa shape index (κ1) is 14.5. The molecule has 0 saturated heterocycles. The third-order valence-electron chi connectivity index (χ3n) is 3.47. The maximum atomic E-state index is 13.9. The Balaban J connectivity index is 1.64. The predicted molar refractivity (Wildman–Crippen MR) is 84.7 cm³/mol. The minimum atomic E-state index is -0.222. The molecule has 2 nitrogen and oxygen atoms in total. The number of ether oxygens (including phenoxy) is 1.